The molecule has 154 valence electrons. The average Bonchev–Trinajstić information content (AvgIpc) is 2.70. The summed E-state index contributed by atoms with van der Waals surface area (Å²) in [7, 11) is 3.39. The van der Waals surface area contributed by atoms with E-state index >= 15 is 0 Å². The minimum atomic E-state index is -0.434. The van der Waals surface area contributed by atoms with Gasteiger partial charge >= 0.3 is 0 Å². The summed E-state index contributed by atoms with van der Waals surface area (Å²) in [5.74, 6) is 0.0517. The number of aromatic nitrogens is 1. The average molecular weight is 390 g/mol. The van der Waals surface area contributed by atoms with Crippen molar-refractivity contribution >= 4 is 11.8 Å². The number of carbonyl (C=O) groups excluding carboxylic acids is 2. The van der Waals surface area contributed by atoms with E-state index in [4.69, 9.17) is 4.74 Å². The normalized spacial score (nSPS) is 17.6. The van der Waals surface area contributed by atoms with Gasteiger partial charge in [-0.05, 0) is 12.3 Å². The largest absolute Gasteiger partial charge is 0.383 e. The Morgan fingerprint density at radius 3 is 2.71 bits per heavy atom. The summed E-state index contributed by atoms with van der Waals surface area (Å²) in [6.45, 7) is 1.80. The first-order chi connectivity index (χ1) is 13.5. The first-order valence-electron chi connectivity index (χ1n) is 10.1. The van der Waals surface area contributed by atoms with Crippen LogP contribution in [0.5, 0.6) is 0 Å². The van der Waals surface area contributed by atoms with Crippen molar-refractivity contribution in [2.45, 2.75) is 38.5 Å². The summed E-state index contributed by atoms with van der Waals surface area (Å²) in [5.41, 5.74) is -0.109. The van der Waals surface area contributed by atoms with Crippen LogP contribution in [0.1, 0.15) is 59.4 Å². The van der Waals surface area contributed by atoms with Crippen LogP contribution in [-0.4, -0.2) is 61.9 Å². The van der Waals surface area contributed by atoms with Crippen molar-refractivity contribution in [2.75, 3.05) is 45.5 Å². The second kappa shape index (κ2) is 9.23. The maximum Gasteiger partial charge on any atom is 0.274 e. The van der Waals surface area contributed by atoms with Gasteiger partial charge in [0, 0.05) is 39.5 Å². The molecule has 8 heteroatoms. The van der Waals surface area contributed by atoms with E-state index in [1.165, 1.54) is 44.4 Å². The SMILES string of the molecule is COCCN1CN(C)n2cc(C(=O)NCCC3CCCCC3)c(=O)cc2C1=O. The first-order valence-corrected chi connectivity index (χ1v) is 10.1. The third-order valence-electron chi connectivity index (χ3n) is 5.65. The predicted molar refractivity (Wildman–Crippen MR) is 106 cm³/mol. The predicted octanol–water partition coefficient (Wildman–Crippen LogP) is 1.18. The van der Waals surface area contributed by atoms with Crippen LogP contribution in [0.3, 0.4) is 0 Å². The molecule has 0 spiro atoms. The van der Waals surface area contributed by atoms with Crippen molar-refractivity contribution in [3.8, 4) is 0 Å². The van der Waals surface area contributed by atoms with E-state index in [0.29, 0.717) is 32.3 Å². The summed E-state index contributed by atoms with van der Waals surface area (Å²) >= 11 is 0. The van der Waals surface area contributed by atoms with E-state index in [1.807, 2.05) is 7.05 Å². The van der Waals surface area contributed by atoms with E-state index in [0.717, 1.165) is 6.42 Å². The Bertz CT molecular complexity index is 770. The molecular weight excluding hydrogens is 360 g/mol. The van der Waals surface area contributed by atoms with Crippen LogP contribution >= 0.6 is 0 Å². The van der Waals surface area contributed by atoms with E-state index in [2.05, 4.69) is 5.32 Å². The number of ether oxygens (including phenoxy) is 1. The van der Waals surface area contributed by atoms with Gasteiger partial charge in [0.2, 0.25) is 0 Å². The van der Waals surface area contributed by atoms with Crippen LogP contribution in [0.2, 0.25) is 0 Å². The summed E-state index contributed by atoms with van der Waals surface area (Å²) in [5, 5.41) is 4.67. The third kappa shape index (κ3) is 4.55. The number of carbonyl (C=O) groups is 2. The van der Waals surface area contributed by atoms with Crippen molar-refractivity contribution in [1.29, 1.82) is 0 Å². The van der Waals surface area contributed by atoms with Gasteiger partial charge in [-0.3, -0.25) is 24.1 Å². The monoisotopic (exact) mass is 390 g/mol. The number of hydrogen-bond donors (Lipinski definition) is 1. The van der Waals surface area contributed by atoms with E-state index < -0.39 is 5.43 Å². The summed E-state index contributed by atoms with van der Waals surface area (Å²) < 4.78 is 6.62. The Balaban J connectivity index is 1.68. The highest BCUT2D eigenvalue weighted by molar-refractivity contribution is 5.97. The van der Waals surface area contributed by atoms with Gasteiger partial charge in [0.25, 0.3) is 11.8 Å². The molecule has 0 atom stereocenters. The number of amides is 2. The second-order valence-corrected chi connectivity index (χ2v) is 7.69. The lowest BCUT2D eigenvalue weighted by molar-refractivity contribution is 0.0634. The fraction of sp³-hybridized carbons (Fsp3) is 0.650. The number of fused-ring (bicyclic) bond motifs is 1. The lowest BCUT2D eigenvalue weighted by Gasteiger charge is -2.37. The molecule has 0 unspecified atom stereocenters. The Kier molecular flexibility index (Phi) is 6.72. The zero-order valence-corrected chi connectivity index (χ0v) is 16.8. The molecule has 1 aliphatic heterocycles. The molecule has 0 radical (unpaired) electrons. The molecule has 2 heterocycles. The molecule has 0 saturated heterocycles. The van der Waals surface area contributed by atoms with E-state index in [1.54, 1.807) is 21.7 Å². The highest BCUT2D eigenvalue weighted by atomic mass is 16.5. The Hall–Kier alpha value is -2.35. The molecule has 1 aliphatic carbocycles. The van der Waals surface area contributed by atoms with Crippen molar-refractivity contribution < 1.29 is 14.3 Å². The quantitative estimate of drug-likeness (QED) is 0.756. The summed E-state index contributed by atoms with van der Waals surface area (Å²) in [6.07, 6.45) is 8.72. The standard InChI is InChI=1S/C20H30N4O4/c1-22-14-23(10-11-28-2)20(27)17-12-18(25)16(13-24(17)22)19(26)21-9-8-15-6-4-3-5-7-15/h12-13,15H,3-11,14H2,1-2H3,(H,21,26). The minimum absolute atomic E-state index is 0.0670. The molecule has 1 aromatic rings. The molecule has 1 fully saturated rings. The molecule has 1 N–H and O–H groups in total. The Morgan fingerprint density at radius 2 is 2.00 bits per heavy atom. The van der Waals surface area contributed by atoms with Crippen LogP contribution < -0.4 is 15.8 Å². The fourth-order valence-corrected chi connectivity index (χ4v) is 4.01. The zero-order valence-electron chi connectivity index (χ0n) is 16.8. The molecule has 8 nitrogen and oxygen atoms in total. The maximum atomic E-state index is 12.6. The number of hydrogen-bond acceptors (Lipinski definition) is 5. The molecule has 0 bridgehead atoms. The minimum Gasteiger partial charge on any atom is -0.383 e. The molecule has 0 aromatic carbocycles. The number of methoxy groups -OCH3 is 1. The topological polar surface area (TPSA) is 83.9 Å². The summed E-state index contributed by atoms with van der Waals surface area (Å²) in [6, 6.07) is 1.26. The van der Waals surface area contributed by atoms with Crippen LogP contribution in [0.25, 0.3) is 0 Å². The number of pyridine rings is 1. The van der Waals surface area contributed by atoms with Crippen LogP contribution in [0, 0.1) is 5.92 Å². The molecule has 1 saturated carbocycles. The smallest absolute Gasteiger partial charge is 0.274 e. The number of nitrogens with zero attached hydrogens (tertiary/aromatic N) is 3. The van der Waals surface area contributed by atoms with Gasteiger partial charge in [-0.15, -0.1) is 0 Å². The highest BCUT2D eigenvalue weighted by Gasteiger charge is 2.28. The van der Waals surface area contributed by atoms with Crippen LogP contribution in [0.4, 0.5) is 0 Å². The van der Waals surface area contributed by atoms with Crippen molar-refractivity contribution in [3.63, 3.8) is 0 Å². The van der Waals surface area contributed by atoms with Crippen molar-refractivity contribution in [3.05, 3.63) is 33.7 Å². The van der Waals surface area contributed by atoms with Gasteiger partial charge in [-0.1, -0.05) is 32.1 Å². The van der Waals surface area contributed by atoms with E-state index in [9.17, 15) is 14.4 Å². The second-order valence-electron chi connectivity index (χ2n) is 7.69. The molecule has 2 amide bonds. The zero-order chi connectivity index (χ0) is 20.1. The molecule has 28 heavy (non-hydrogen) atoms. The van der Waals surface area contributed by atoms with Crippen molar-refractivity contribution in [2.24, 2.45) is 5.92 Å². The molecular formula is C20H30N4O4. The first kappa shape index (κ1) is 20.4. The number of rotatable bonds is 7. The molecule has 2 aliphatic rings. The van der Waals surface area contributed by atoms with Gasteiger partial charge in [-0.2, -0.15) is 0 Å². The van der Waals surface area contributed by atoms with Gasteiger partial charge in [0.15, 0.2) is 5.43 Å². The van der Waals surface area contributed by atoms with Gasteiger partial charge in [0.05, 0.1) is 6.61 Å². The number of nitrogens with one attached hydrogen (secondary N) is 1. The molecule has 3 rings (SSSR count). The molecule has 1 aromatic heterocycles. The van der Waals surface area contributed by atoms with Gasteiger partial charge in [0.1, 0.15) is 17.9 Å². The van der Waals surface area contributed by atoms with Gasteiger partial charge < -0.3 is 15.0 Å². The lowest BCUT2D eigenvalue weighted by atomic mass is 9.87. The third-order valence-corrected chi connectivity index (χ3v) is 5.65. The van der Waals surface area contributed by atoms with Crippen LogP contribution in [0.15, 0.2) is 17.1 Å². The van der Waals surface area contributed by atoms with Crippen LogP contribution in [-0.2, 0) is 4.74 Å². The Morgan fingerprint density at radius 1 is 1.25 bits per heavy atom. The maximum absolute atomic E-state index is 12.6. The van der Waals surface area contributed by atoms with Gasteiger partial charge in [-0.25, -0.2) is 0 Å². The fourth-order valence-electron chi connectivity index (χ4n) is 4.01. The Labute approximate surface area is 165 Å². The highest BCUT2D eigenvalue weighted by Crippen LogP contribution is 2.25. The lowest BCUT2D eigenvalue weighted by Crippen LogP contribution is -2.53. The van der Waals surface area contributed by atoms with E-state index in [-0.39, 0.29) is 23.1 Å². The summed E-state index contributed by atoms with van der Waals surface area (Å²) in [4.78, 5) is 39.3. The van der Waals surface area contributed by atoms with Crippen molar-refractivity contribution in [1.82, 2.24) is 14.9 Å².